The second-order valence-corrected chi connectivity index (χ2v) is 5.45. The molecule has 0 amide bonds. The first-order valence-electron chi connectivity index (χ1n) is 6.60. The highest BCUT2D eigenvalue weighted by atomic mass is 35.5. The molecule has 0 radical (unpaired) electrons. The monoisotopic (exact) mass is 341 g/mol. The second kappa shape index (κ2) is 6.91. The van der Waals surface area contributed by atoms with E-state index in [1.165, 1.54) is 0 Å². The molecule has 1 aromatic carbocycles. The summed E-state index contributed by atoms with van der Waals surface area (Å²) in [5.74, 6) is 6.28. The number of nitrogens with two attached hydrogens (primary N) is 3. The van der Waals surface area contributed by atoms with Gasteiger partial charge in [0.2, 0.25) is 0 Å². The van der Waals surface area contributed by atoms with Gasteiger partial charge in [-0.3, -0.25) is 0 Å². The zero-order valence-corrected chi connectivity index (χ0v) is 13.4. The van der Waals surface area contributed by atoms with Crippen LogP contribution in [0.3, 0.4) is 0 Å². The van der Waals surface area contributed by atoms with E-state index in [1.54, 1.807) is 18.2 Å². The molecule has 0 bridgehead atoms. The Morgan fingerprint density at radius 1 is 1.23 bits per heavy atom. The van der Waals surface area contributed by atoms with Crippen LogP contribution in [0.4, 0.5) is 17.3 Å². The van der Waals surface area contributed by atoms with Crippen molar-refractivity contribution in [3.63, 3.8) is 0 Å². The van der Waals surface area contributed by atoms with Crippen molar-refractivity contribution in [2.45, 2.75) is 19.4 Å². The van der Waals surface area contributed by atoms with E-state index in [0.29, 0.717) is 22.2 Å². The minimum absolute atomic E-state index is 0.251. The molecule has 1 aromatic heterocycles. The maximum Gasteiger partial charge on any atom is 0.169 e. The van der Waals surface area contributed by atoms with Gasteiger partial charge >= 0.3 is 0 Å². The number of nitrogens with zero attached hydrogens (tertiary/aromatic N) is 1. The summed E-state index contributed by atoms with van der Waals surface area (Å²) >= 11 is 12.0. The number of nitrogen functional groups attached to an aromatic ring is 3. The fraction of sp³-hybridized carbons (Fsp3) is 0.214. The van der Waals surface area contributed by atoms with Gasteiger partial charge in [-0.05, 0) is 24.1 Å². The molecule has 0 spiro atoms. The Bertz CT molecular complexity index is 681. The van der Waals surface area contributed by atoms with Crippen LogP contribution in [0.25, 0.3) is 0 Å². The average Bonchev–Trinajstić information content (AvgIpc) is 2.50. The molecule has 2 rings (SSSR count). The summed E-state index contributed by atoms with van der Waals surface area (Å²) in [6.07, 6.45) is 0.440. The summed E-state index contributed by atoms with van der Waals surface area (Å²) in [5, 5.41) is 0.954. The van der Waals surface area contributed by atoms with Crippen molar-refractivity contribution in [2.24, 2.45) is 5.84 Å². The molecule has 7 N–H and O–H groups in total. The highest BCUT2D eigenvalue weighted by Gasteiger charge is 2.17. The maximum atomic E-state index is 6.05. The lowest BCUT2D eigenvalue weighted by Crippen LogP contribution is -2.14. The lowest BCUT2D eigenvalue weighted by molar-refractivity contribution is 0.202. The van der Waals surface area contributed by atoms with E-state index in [2.05, 4.69) is 10.4 Å². The van der Waals surface area contributed by atoms with Gasteiger partial charge in [-0.15, -0.1) is 0 Å². The molecule has 1 unspecified atom stereocenters. The number of anilines is 3. The first-order chi connectivity index (χ1) is 10.5. The number of pyridine rings is 1. The van der Waals surface area contributed by atoms with Gasteiger partial charge in [-0.25, -0.2) is 10.8 Å². The molecule has 1 atom stereocenters. The molecule has 0 saturated heterocycles. The number of hydrazine groups is 1. The topological polar surface area (TPSA) is 112 Å². The Kier molecular flexibility index (Phi) is 5.18. The van der Waals surface area contributed by atoms with Crippen LogP contribution in [-0.2, 0) is 0 Å². The van der Waals surface area contributed by atoms with E-state index in [1.807, 2.05) is 13.0 Å². The van der Waals surface area contributed by atoms with Crippen molar-refractivity contribution in [3.05, 3.63) is 39.9 Å². The minimum Gasteiger partial charge on any atom is -0.483 e. The Morgan fingerprint density at radius 2 is 1.95 bits per heavy atom. The van der Waals surface area contributed by atoms with Crippen LogP contribution in [0, 0.1) is 0 Å². The number of rotatable bonds is 5. The van der Waals surface area contributed by atoms with Crippen LogP contribution >= 0.6 is 23.2 Å². The summed E-state index contributed by atoms with van der Waals surface area (Å²) < 4.78 is 5.96. The van der Waals surface area contributed by atoms with Crippen LogP contribution in [0.2, 0.25) is 10.0 Å². The summed E-state index contributed by atoms with van der Waals surface area (Å²) in [6, 6.07) is 6.89. The number of hydrogen-bond acceptors (Lipinski definition) is 6. The van der Waals surface area contributed by atoms with E-state index >= 15 is 0 Å². The standard InChI is InChI=1S/C14H17Cl2N5O/c1-2-10(7-3-4-8(15)9(16)5-7)22-11-6-12(17)20-14(21-19)13(11)18/h3-6,10H,2,18-19H2,1H3,(H3,17,20,21). The fourth-order valence-electron chi connectivity index (χ4n) is 2.01. The third-order valence-corrected chi connectivity index (χ3v) is 3.87. The molecule has 2 aromatic rings. The van der Waals surface area contributed by atoms with Gasteiger partial charge in [0, 0.05) is 6.07 Å². The number of halogens is 2. The molecule has 0 aliphatic carbocycles. The van der Waals surface area contributed by atoms with Crippen LogP contribution in [-0.4, -0.2) is 4.98 Å². The van der Waals surface area contributed by atoms with Gasteiger partial charge < -0.3 is 21.6 Å². The average molecular weight is 342 g/mol. The number of benzene rings is 1. The largest absolute Gasteiger partial charge is 0.483 e. The number of nitrogens with one attached hydrogen (secondary N) is 1. The molecule has 0 saturated carbocycles. The predicted octanol–water partition coefficient (Wildman–Crippen LogP) is 3.37. The van der Waals surface area contributed by atoms with Crippen molar-refractivity contribution >= 4 is 40.5 Å². The lowest BCUT2D eigenvalue weighted by Gasteiger charge is -2.20. The van der Waals surface area contributed by atoms with Gasteiger partial charge in [0.15, 0.2) is 11.6 Å². The zero-order chi connectivity index (χ0) is 16.3. The van der Waals surface area contributed by atoms with Crippen LogP contribution in [0.15, 0.2) is 24.3 Å². The number of ether oxygens (including phenoxy) is 1. The van der Waals surface area contributed by atoms with Crippen molar-refractivity contribution in [2.75, 3.05) is 16.9 Å². The first-order valence-corrected chi connectivity index (χ1v) is 7.36. The molecule has 1 heterocycles. The fourth-order valence-corrected chi connectivity index (χ4v) is 2.32. The van der Waals surface area contributed by atoms with E-state index in [9.17, 15) is 0 Å². The molecule has 6 nitrogen and oxygen atoms in total. The van der Waals surface area contributed by atoms with Crippen molar-refractivity contribution in [1.82, 2.24) is 4.98 Å². The minimum atomic E-state index is -0.260. The molecule has 0 aliphatic rings. The lowest BCUT2D eigenvalue weighted by atomic mass is 10.1. The van der Waals surface area contributed by atoms with Crippen LogP contribution in [0.1, 0.15) is 25.0 Å². The predicted molar refractivity (Wildman–Crippen MR) is 91.0 cm³/mol. The Labute approximate surface area is 138 Å². The summed E-state index contributed by atoms with van der Waals surface area (Å²) in [6.45, 7) is 1.98. The van der Waals surface area contributed by atoms with Crippen LogP contribution in [0.5, 0.6) is 5.75 Å². The van der Waals surface area contributed by atoms with E-state index < -0.39 is 0 Å². The SMILES string of the molecule is CCC(Oc1cc(N)nc(NN)c1N)c1ccc(Cl)c(Cl)c1. The van der Waals surface area contributed by atoms with Crippen LogP contribution < -0.4 is 27.5 Å². The quantitative estimate of drug-likeness (QED) is 0.490. The third-order valence-electron chi connectivity index (χ3n) is 3.13. The van der Waals surface area contributed by atoms with Crippen molar-refractivity contribution < 1.29 is 4.74 Å². The summed E-state index contributed by atoms with van der Waals surface area (Å²) in [7, 11) is 0. The van der Waals surface area contributed by atoms with E-state index in [-0.39, 0.29) is 23.4 Å². The summed E-state index contributed by atoms with van der Waals surface area (Å²) in [5.41, 5.74) is 15.2. The van der Waals surface area contributed by atoms with Crippen molar-refractivity contribution in [1.29, 1.82) is 0 Å². The summed E-state index contributed by atoms with van der Waals surface area (Å²) in [4.78, 5) is 3.98. The highest BCUT2D eigenvalue weighted by molar-refractivity contribution is 6.42. The smallest absolute Gasteiger partial charge is 0.169 e. The van der Waals surface area contributed by atoms with Gasteiger partial charge in [-0.1, -0.05) is 36.2 Å². The molecule has 118 valence electrons. The third kappa shape index (κ3) is 3.47. The maximum absolute atomic E-state index is 6.05. The Balaban J connectivity index is 2.34. The van der Waals surface area contributed by atoms with Gasteiger partial charge in [0.05, 0.1) is 10.0 Å². The molecular weight excluding hydrogens is 325 g/mol. The highest BCUT2D eigenvalue weighted by Crippen LogP contribution is 2.35. The molecule has 0 fully saturated rings. The van der Waals surface area contributed by atoms with Gasteiger partial charge in [-0.2, -0.15) is 0 Å². The molecule has 22 heavy (non-hydrogen) atoms. The normalized spacial score (nSPS) is 12.0. The Morgan fingerprint density at radius 3 is 2.55 bits per heavy atom. The van der Waals surface area contributed by atoms with Gasteiger partial charge in [0.25, 0.3) is 0 Å². The molecule has 8 heteroatoms. The molecule has 0 aliphatic heterocycles. The van der Waals surface area contributed by atoms with Gasteiger partial charge in [0.1, 0.15) is 17.6 Å². The second-order valence-electron chi connectivity index (χ2n) is 4.64. The number of hydrogen-bond donors (Lipinski definition) is 4. The molecular formula is C14H17Cl2N5O. The van der Waals surface area contributed by atoms with Crippen molar-refractivity contribution in [3.8, 4) is 5.75 Å². The zero-order valence-electron chi connectivity index (χ0n) is 11.9. The van der Waals surface area contributed by atoms with E-state index in [0.717, 1.165) is 5.56 Å². The number of aromatic nitrogens is 1. The first kappa shape index (κ1) is 16.5. The Hall–Kier alpha value is -1.89. The van der Waals surface area contributed by atoms with E-state index in [4.69, 9.17) is 45.2 Å².